The van der Waals surface area contributed by atoms with Gasteiger partial charge >= 0.3 is 5.97 Å². The van der Waals surface area contributed by atoms with E-state index >= 15 is 0 Å². The van der Waals surface area contributed by atoms with E-state index in [9.17, 15) is 4.79 Å². The molecular formula is C25H51NO4. The van der Waals surface area contributed by atoms with Crippen molar-refractivity contribution < 1.29 is 19.4 Å². The van der Waals surface area contributed by atoms with Crippen molar-refractivity contribution in [2.45, 2.75) is 135 Å². The Hall–Kier alpha value is -0.650. The Balaban J connectivity index is 3.96. The van der Waals surface area contributed by atoms with Crippen molar-refractivity contribution >= 4 is 5.97 Å². The number of unbranched alkanes of at least 4 members (excludes halogenated alkanes) is 12. The van der Waals surface area contributed by atoms with E-state index < -0.39 is 0 Å². The van der Waals surface area contributed by atoms with Gasteiger partial charge in [0.15, 0.2) is 0 Å². The summed E-state index contributed by atoms with van der Waals surface area (Å²) < 4.78 is 11.3. The van der Waals surface area contributed by atoms with E-state index in [1.54, 1.807) is 0 Å². The van der Waals surface area contributed by atoms with Gasteiger partial charge in [0, 0.05) is 12.8 Å². The van der Waals surface area contributed by atoms with Gasteiger partial charge in [-0.3, -0.25) is 4.79 Å². The summed E-state index contributed by atoms with van der Waals surface area (Å²) in [5, 5.41) is 8.96. The van der Waals surface area contributed by atoms with Crippen LogP contribution in [0.25, 0.3) is 0 Å². The molecule has 2 atom stereocenters. The van der Waals surface area contributed by atoms with Crippen LogP contribution in [0.4, 0.5) is 0 Å². The van der Waals surface area contributed by atoms with Gasteiger partial charge in [-0.2, -0.15) is 0 Å². The molecule has 0 aliphatic heterocycles. The minimum atomic E-state index is -0.341. The Bertz CT molecular complexity index is 365. The largest absolute Gasteiger partial charge is 0.462 e. The molecule has 0 spiro atoms. The predicted octanol–water partition coefficient (Wildman–Crippen LogP) is 5.91. The van der Waals surface area contributed by atoms with E-state index in [2.05, 4.69) is 13.8 Å². The van der Waals surface area contributed by atoms with Crippen LogP contribution < -0.4 is 5.73 Å². The van der Waals surface area contributed by atoms with Crippen LogP contribution in [0.15, 0.2) is 0 Å². The number of carbonyl (C=O) groups is 1. The van der Waals surface area contributed by atoms with Gasteiger partial charge in [0.05, 0.1) is 25.9 Å². The maximum Gasteiger partial charge on any atom is 0.306 e. The molecule has 30 heavy (non-hydrogen) atoms. The number of rotatable bonds is 23. The van der Waals surface area contributed by atoms with Gasteiger partial charge in [0.1, 0.15) is 6.10 Å². The number of hydrogen-bond donors (Lipinski definition) is 2. The fourth-order valence-electron chi connectivity index (χ4n) is 3.56. The molecule has 0 saturated heterocycles. The normalized spacial score (nSPS) is 13.3. The maximum absolute atomic E-state index is 12.3. The summed E-state index contributed by atoms with van der Waals surface area (Å²) in [6.45, 7) is 5.24. The lowest BCUT2D eigenvalue weighted by Crippen LogP contribution is -2.30. The average molecular weight is 430 g/mol. The highest BCUT2D eigenvalue weighted by Crippen LogP contribution is 2.15. The van der Waals surface area contributed by atoms with Gasteiger partial charge in [-0.1, -0.05) is 90.9 Å². The topological polar surface area (TPSA) is 81.8 Å². The van der Waals surface area contributed by atoms with Crippen LogP contribution in [0.2, 0.25) is 0 Å². The van der Waals surface area contributed by atoms with Crippen molar-refractivity contribution in [1.29, 1.82) is 0 Å². The second-order valence-corrected chi connectivity index (χ2v) is 8.70. The van der Waals surface area contributed by atoms with Crippen LogP contribution in [0.5, 0.6) is 0 Å². The number of aliphatic hydroxyl groups excluding tert-OH is 1. The molecule has 0 aromatic rings. The molecule has 180 valence electrons. The van der Waals surface area contributed by atoms with Gasteiger partial charge in [0.2, 0.25) is 0 Å². The highest BCUT2D eigenvalue weighted by atomic mass is 16.5. The van der Waals surface area contributed by atoms with Crippen molar-refractivity contribution in [3.63, 3.8) is 0 Å². The van der Waals surface area contributed by atoms with Crippen molar-refractivity contribution in [3.8, 4) is 0 Å². The zero-order valence-electron chi connectivity index (χ0n) is 20.0. The number of aliphatic hydroxyl groups is 1. The second-order valence-electron chi connectivity index (χ2n) is 8.70. The van der Waals surface area contributed by atoms with Crippen molar-refractivity contribution in [2.75, 3.05) is 19.8 Å². The number of hydrogen-bond acceptors (Lipinski definition) is 5. The first kappa shape index (κ1) is 29.4. The third-order valence-electron chi connectivity index (χ3n) is 5.56. The molecule has 0 heterocycles. The average Bonchev–Trinajstić information content (AvgIpc) is 2.74. The van der Waals surface area contributed by atoms with E-state index in [0.717, 1.165) is 25.7 Å². The maximum atomic E-state index is 12.3. The van der Waals surface area contributed by atoms with Gasteiger partial charge < -0.3 is 20.3 Å². The lowest BCUT2D eigenvalue weighted by atomic mass is 10.1. The molecule has 5 heteroatoms. The fourth-order valence-corrected chi connectivity index (χ4v) is 3.56. The smallest absolute Gasteiger partial charge is 0.306 e. The summed E-state index contributed by atoms with van der Waals surface area (Å²) in [5.74, 6) is -0.0661. The van der Waals surface area contributed by atoms with E-state index in [1.165, 1.54) is 70.6 Å². The summed E-state index contributed by atoms with van der Waals surface area (Å²) >= 11 is 0. The SMILES string of the molecule is CCCCCCCCCCCC(=O)OC(CCCCCCC)CCOCC(N)CO. The van der Waals surface area contributed by atoms with Crippen LogP contribution in [-0.4, -0.2) is 43.0 Å². The van der Waals surface area contributed by atoms with Crippen LogP contribution >= 0.6 is 0 Å². The van der Waals surface area contributed by atoms with Crippen molar-refractivity contribution in [1.82, 2.24) is 0 Å². The highest BCUT2D eigenvalue weighted by Gasteiger charge is 2.14. The Morgan fingerprint density at radius 3 is 1.90 bits per heavy atom. The standard InChI is InChI=1S/C25H51NO4/c1-3-5-7-9-10-11-12-14-16-18-25(28)30-24(17-15-13-8-6-4-2)19-20-29-22-23(26)21-27/h23-24,27H,3-22,26H2,1-2H3. The Morgan fingerprint density at radius 1 is 0.800 bits per heavy atom. The van der Waals surface area contributed by atoms with Gasteiger partial charge in [-0.05, 0) is 19.3 Å². The number of nitrogens with two attached hydrogens (primary N) is 1. The molecule has 0 aliphatic carbocycles. The zero-order valence-corrected chi connectivity index (χ0v) is 20.0. The molecule has 0 fully saturated rings. The van der Waals surface area contributed by atoms with E-state index in [4.69, 9.17) is 20.3 Å². The summed E-state index contributed by atoms with van der Waals surface area (Å²) in [6, 6.07) is -0.341. The van der Waals surface area contributed by atoms with E-state index in [-0.39, 0.29) is 24.7 Å². The summed E-state index contributed by atoms with van der Waals surface area (Å²) in [6.07, 6.45) is 19.3. The Labute approximate surface area is 186 Å². The molecule has 0 saturated carbocycles. The number of ether oxygens (including phenoxy) is 2. The number of carbonyl (C=O) groups excluding carboxylic acids is 1. The lowest BCUT2D eigenvalue weighted by molar-refractivity contribution is -0.150. The molecule has 0 amide bonds. The van der Waals surface area contributed by atoms with Crippen molar-refractivity contribution in [2.24, 2.45) is 5.73 Å². The molecule has 0 radical (unpaired) electrons. The molecule has 5 nitrogen and oxygen atoms in total. The first-order valence-corrected chi connectivity index (χ1v) is 12.8. The monoisotopic (exact) mass is 429 g/mol. The third-order valence-corrected chi connectivity index (χ3v) is 5.56. The molecule has 0 aliphatic rings. The molecule has 2 unspecified atom stereocenters. The predicted molar refractivity (Wildman–Crippen MR) is 126 cm³/mol. The van der Waals surface area contributed by atoms with E-state index in [1.807, 2.05) is 0 Å². The van der Waals surface area contributed by atoms with Gasteiger partial charge in [-0.25, -0.2) is 0 Å². The molecule has 0 bridgehead atoms. The molecule has 0 aromatic carbocycles. The van der Waals surface area contributed by atoms with Crippen LogP contribution in [-0.2, 0) is 14.3 Å². The quantitative estimate of drug-likeness (QED) is 0.156. The fraction of sp³-hybridized carbons (Fsp3) is 0.960. The zero-order chi connectivity index (χ0) is 22.3. The highest BCUT2D eigenvalue weighted by molar-refractivity contribution is 5.69. The molecule has 0 rings (SSSR count). The first-order valence-electron chi connectivity index (χ1n) is 12.8. The van der Waals surface area contributed by atoms with Crippen LogP contribution in [0.3, 0.4) is 0 Å². The molecule has 3 N–H and O–H groups in total. The number of esters is 1. The first-order chi connectivity index (χ1) is 14.6. The van der Waals surface area contributed by atoms with Gasteiger partial charge in [0.25, 0.3) is 0 Å². The van der Waals surface area contributed by atoms with Crippen molar-refractivity contribution in [3.05, 3.63) is 0 Å². The molecule has 0 aromatic heterocycles. The summed E-state index contributed by atoms with van der Waals surface area (Å²) in [4.78, 5) is 12.3. The Morgan fingerprint density at radius 2 is 1.33 bits per heavy atom. The van der Waals surface area contributed by atoms with E-state index in [0.29, 0.717) is 26.1 Å². The summed E-state index contributed by atoms with van der Waals surface area (Å²) in [5.41, 5.74) is 5.66. The third kappa shape index (κ3) is 20.6. The Kier molecular flexibility index (Phi) is 22.5. The van der Waals surface area contributed by atoms with Crippen LogP contribution in [0, 0.1) is 0 Å². The summed E-state index contributed by atoms with van der Waals surface area (Å²) in [7, 11) is 0. The minimum Gasteiger partial charge on any atom is -0.462 e. The minimum absolute atomic E-state index is 0.0661. The van der Waals surface area contributed by atoms with Gasteiger partial charge in [-0.15, -0.1) is 0 Å². The molecular weight excluding hydrogens is 378 g/mol. The second kappa shape index (κ2) is 23.0. The van der Waals surface area contributed by atoms with Crippen LogP contribution in [0.1, 0.15) is 123 Å². The lowest BCUT2D eigenvalue weighted by Gasteiger charge is -2.19.